The fourth-order valence-electron chi connectivity index (χ4n) is 1.59. The molecule has 0 aliphatic carbocycles. The second kappa shape index (κ2) is 13.8. The monoisotopic (exact) mass is 389 g/mol. The van der Waals surface area contributed by atoms with E-state index in [9.17, 15) is 0 Å². The Morgan fingerprint density at radius 3 is 1.79 bits per heavy atom. The van der Waals surface area contributed by atoms with Crippen LogP contribution in [0.15, 0.2) is 53.8 Å². The zero-order valence-electron chi connectivity index (χ0n) is 13.5. The molecule has 2 heterocycles. The van der Waals surface area contributed by atoms with Gasteiger partial charge >= 0.3 is 0 Å². The molecule has 2 aromatic heterocycles. The van der Waals surface area contributed by atoms with E-state index in [2.05, 4.69) is 30.5 Å². The molecule has 2 N–H and O–H groups in total. The third kappa shape index (κ3) is 9.52. The van der Waals surface area contributed by atoms with Gasteiger partial charge in [-0.05, 0) is 38.4 Å². The summed E-state index contributed by atoms with van der Waals surface area (Å²) in [7, 11) is 4.04. The molecular formula is C15H20Cl3N6-3. The van der Waals surface area contributed by atoms with Gasteiger partial charge in [-0.15, -0.1) is 0 Å². The highest BCUT2D eigenvalue weighted by molar-refractivity contribution is 6.02. The van der Waals surface area contributed by atoms with Crippen LogP contribution in [0.3, 0.4) is 0 Å². The predicted octanol–water partition coefficient (Wildman–Crippen LogP) is -7.07. The van der Waals surface area contributed by atoms with Gasteiger partial charge in [-0.2, -0.15) is 0 Å². The van der Waals surface area contributed by atoms with E-state index < -0.39 is 0 Å². The Kier molecular flexibility index (Phi) is 14.2. The maximum Gasteiger partial charge on any atom is 0.202 e. The lowest BCUT2D eigenvalue weighted by molar-refractivity contribution is -0.00100. The molecule has 2 rings (SSSR count). The topological polar surface area (TPSA) is 65.4 Å². The number of hydrogen-bond acceptors (Lipinski definition) is 4. The summed E-state index contributed by atoms with van der Waals surface area (Å²) < 4.78 is 0. The lowest BCUT2D eigenvalue weighted by atomic mass is 10.4. The highest BCUT2D eigenvalue weighted by atomic mass is 35.5. The summed E-state index contributed by atoms with van der Waals surface area (Å²) in [5.74, 6) is 2.11. The third-order valence-corrected chi connectivity index (χ3v) is 2.64. The van der Waals surface area contributed by atoms with Gasteiger partial charge in [0.05, 0.1) is 6.54 Å². The van der Waals surface area contributed by atoms with Gasteiger partial charge in [-0.1, -0.05) is 12.1 Å². The number of aromatic nitrogens is 2. The van der Waals surface area contributed by atoms with Crippen molar-refractivity contribution in [1.82, 2.24) is 14.9 Å². The van der Waals surface area contributed by atoms with Crippen molar-refractivity contribution in [2.45, 2.75) is 0 Å². The molecule has 9 heteroatoms. The van der Waals surface area contributed by atoms with Crippen molar-refractivity contribution in [3.63, 3.8) is 0 Å². The zero-order valence-corrected chi connectivity index (χ0v) is 15.7. The molecule has 0 radical (unpaired) electrons. The number of halogens is 3. The highest BCUT2D eigenvalue weighted by Gasteiger charge is 2.02. The maximum atomic E-state index is 4.53. The third-order valence-electron chi connectivity index (χ3n) is 2.64. The number of nitrogens with one attached hydrogen (secondary N) is 2. The van der Waals surface area contributed by atoms with Gasteiger partial charge in [0.15, 0.2) is 0 Å². The first-order valence-electron chi connectivity index (χ1n) is 6.79. The molecule has 0 aliphatic heterocycles. The number of anilines is 2. The van der Waals surface area contributed by atoms with Gasteiger partial charge in [0.1, 0.15) is 11.6 Å². The first kappa shape index (κ1) is 24.6. The van der Waals surface area contributed by atoms with Crippen molar-refractivity contribution in [1.29, 1.82) is 0 Å². The molecule has 0 saturated heterocycles. The molecule has 0 fully saturated rings. The van der Waals surface area contributed by atoms with Crippen molar-refractivity contribution < 1.29 is 37.2 Å². The minimum atomic E-state index is 0. The summed E-state index contributed by atoms with van der Waals surface area (Å²) in [4.78, 5) is 15.1. The molecule has 0 saturated carbocycles. The van der Waals surface area contributed by atoms with E-state index in [0.717, 1.165) is 18.2 Å². The summed E-state index contributed by atoms with van der Waals surface area (Å²) in [6.45, 7) is 1.55. The van der Waals surface area contributed by atoms with Gasteiger partial charge in [0, 0.05) is 18.9 Å². The van der Waals surface area contributed by atoms with Crippen LogP contribution in [-0.4, -0.2) is 48.0 Å². The van der Waals surface area contributed by atoms with Gasteiger partial charge in [0.25, 0.3) is 0 Å². The van der Waals surface area contributed by atoms with E-state index in [4.69, 9.17) is 0 Å². The van der Waals surface area contributed by atoms with E-state index in [1.807, 2.05) is 50.5 Å². The van der Waals surface area contributed by atoms with E-state index in [-0.39, 0.29) is 37.2 Å². The Labute approximate surface area is 161 Å². The van der Waals surface area contributed by atoms with Gasteiger partial charge in [-0.3, -0.25) is 4.99 Å². The van der Waals surface area contributed by atoms with Crippen LogP contribution in [0.4, 0.5) is 11.6 Å². The number of pyridine rings is 2. The fourth-order valence-corrected chi connectivity index (χ4v) is 1.59. The normalized spacial score (nSPS) is 8.96. The molecule has 0 spiro atoms. The van der Waals surface area contributed by atoms with Gasteiger partial charge in [0.2, 0.25) is 5.96 Å². The average molecular weight is 391 g/mol. The molecule has 24 heavy (non-hydrogen) atoms. The molecule has 2 aromatic rings. The lowest BCUT2D eigenvalue weighted by Gasteiger charge is -2.12. The summed E-state index contributed by atoms with van der Waals surface area (Å²) in [6, 6.07) is 11.4. The Balaban J connectivity index is 0. The van der Waals surface area contributed by atoms with E-state index >= 15 is 0 Å². The Bertz CT molecular complexity index is 522. The minimum absolute atomic E-state index is 0. The standard InChI is InChI=1S/C15H20N6.3ClH/c1-21(2)12-11-18-15(19-13-7-3-5-9-16-13)20-14-8-4-6-10-17-14;;;/h3-10H,11-12H2,1-2H3,(H2,16,17,18,19,20);3*1H/p-3. The Morgan fingerprint density at radius 2 is 1.42 bits per heavy atom. The molecular weight excluding hydrogens is 371 g/mol. The Hall–Kier alpha value is -1.60. The largest absolute Gasteiger partial charge is 1.00 e. The first-order valence-corrected chi connectivity index (χ1v) is 6.79. The van der Waals surface area contributed by atoms with Crippen LogP contribution >= 0.6 is 0 Å². The van der Waals surface area contributed by atoms with Crippen LogP contribution in [0.5, 0.6) is 0 Å². The van der Waals surface area contributed by atoms with E-state index in [1.165, 1.54) is 0 Å². The van der Waals surface area contributed by atoms with Crippen LogP contribution in [0, 0.1) is 0 Å². The molecule has 0 atom stereocenters. The van der Waals surface area contributed by atoms with E-state index in [0.29, 0.717) is 12.5 Å². The fraction of sp³-hybridized carbons (Fsp3) is 0.267. The number of rotatable bonds is 5. The molecule has 0 amide bonds. The second-order valence-corrected chi connectivity index (χ2v) is 4.71. The van der Waals surface area contributed by atoms with Crippen LogP contribution in [-0.2, 0) is 0 Å². The quantitative estimate of drug-likeness (QED) is 0.392. The summed E-state index contributed by atoms with van der Waals surface area (Å²) in [5.41, 5.74) is 0. The van der Waals surface area contributed by atoms with Crippen LogP contribution in [0.1, 0.15) is 0 Å². The smallest absolute Gasteiger partial charge is 0.202 e. The maximum absolute atomic E-state index is 4.53. The summed E-state index contributed by atoms with van der Waals surface area (Å²) in [6.07, 6.45) is 3.47. The molecule has 0 aromatic carbocycles. The zero-order chi connectivity index (χ0) is 14.9. The summed E-state index contributed by atoms with van der Waals surface area (Å²) in [5, 5.41) is 6.34. The highest BCUT2D eigenvalue weighted by Crippen LogP contribution is 2.04. The van der Waals surface area contributed by atoms with Crippen LogP contribution in [0.2, 0.25) is 0 Å². The molecule has 0 bridgehead atoms. The van der Waals surface area contributed by atoms with Crippen LogP contribution < -0.4 is 47.9 Å². The van der Waals surface area contributed by atoms with Gasteiger partial charge in [-0.25, -0.2) is 9.97 Å². The number of hydrogen-bond donors (Lipinski definition) is 2. The number of nitrogens with zero attached hydrogens (tertiary/aromatic N) is 4. The van der Waals surface area contributed by atoms with Crippen molar-refractivity contribution in [3.8, 4) is 0 Å². The molecule has 6 nitrogen and oxygen atoms in total. The molecule has 134 valence electrons. The van der Waals surface area contributed by atoms with Crippen LogP contribution in [0.25, 0.3) is 0 Å². The minimum Gasteiger partial charge on any atom is -1.00 e. The second-order valence-electron chi connectivity index (χ2n) is 4.71. The first-order chi connectivity index (χ1) is 10.2. The van der Waals surface area contributed by atoms with Crippen molar-refractivity contribution in [2.75, 3.05) is 37.8 Å². The Morgan fingerprint density at radius 1 is 0.917 bits per heavy atom. The van der Waals surface area contributed by atoms with Crippen molar-refractivity contribution in [2.24, 2.45) is 4.99 Å². The predicted molar refractivity (Wildman–Crippen MR) is 86.6 cm³/mol. The SMILES string of the molecule is CN(C)CCN=C(Nc1ccccn1)Nc1ccccn1.[Cl-].[Cl-].[Cl-]. The van der Waals surface area contributed by atoms with Gasteiger partial charge < -0.3 is 52.8 Å². The summed E-state index contributed by atoms with van der Waals surface area (Å²) >= 11 is 0. The lowest BCUT2D eigenvalue weighted by Crippen LogP contribution is -3.00. The molecule has 0 aliphatic rings. The number of likely N-dealkylation sites (N-methyl/N-ethyl adjacent to an activating group) is 1. The number of aliphatic imine (C=N–C) groups is 1. The average Bonchev–Trinajstić information content (AvgIpc) is 2.49. The van der Waals surface area contributed by atoms with E-state index in [1.54, 1.807) is 12.4 Å². The molecule has 0 unspecified atom stereocenters. The van der Waals surface area contributed by atoms with Crippen molar-refractivity contribution in [3.05, 3.63) is 48.8 Å². The van der Waals surface area contributed by atoms with Crippen molar-refractivity contribution >= 4 is 17.6 Å². The number of guanidine groups is 1.